The van der Waals surface area contributed by atoms with E-state index >= 15 is 0 Å². The molecule has 1 aromatic carbocycles. The van der Waals surface area contributed by atoms with Gasteiger partial charge in [0, 0.05) is 36.2 Å². The van der Waals surface area contributed by atoms with E-state index in [0.717, 1.165) is 23.7 Å². The fourth-order valence-electron chi connectivity index (χ4n) is 2.52. The van der Waals surface area contributed by atoms with Crippen molar-refractivity contribution in [3.63, 3.8) is 0 Å². The van der Waals surface area contributed by atoms with Crippen molar-refractivity contribution < 1.29 is 22.3 Å². The molecule has 0 aromatic heterocycles. The highest BCUT2D eigenvalue weighted by Gasteiger charge is 2.41. The van der Waals surface area contributed by atoms with Gasteiger partial charge in [-0.3, -0.25) is 13.8 Å². The first-order valence-corrected chi connectivity index (χ1v) is 10.5. The number of hydroxylamine groups is 1. The largest absolute Gasteiger partial charge is 0.351 e. The molecule has 24 heavy (non-hydrogen) atoms. The number of carbonyl (C=O) groups is 1. The molecule has 0 bridgehead atoms. The van der Waals surface area contributed by atoms with Crippen molar-refractivity contribution >= 4 is 26.7 Å². The minimum atomic E-state index is -3.81. The van der Waals surface area contributed by atoms with Crippen molar-refractivity contribution in [2.45, 2.75) is 28.9 Å². The molecule has 1 amide bonds. The zero-order valence-electron chi connectivity index (χ0n) is 13.9. The highest BCUT2D eigenvalue weighted by Crippen LogP contribution is 2.36. The smallest absolute Gasteiger partial charge is 0.264 e. The molecule has 1 saturated carbocycles. The first-order valence-electron chi connectivity index (χ1n) is 7.48. The third kappa shape index (κ3) is 3.69. The standard InChI is InChI=1S/C15H22N2O5S2/c1-17(22-2)24(20,21)13-7-4-6-12(10-13)14(18)16-11-15(23(3)19)8-5-9-15/h4,6-7,10H,5,8-9,11H2,1-3H3,(H,16,18). The van der Waals surface area contributed by atoms with E-state index < -0.39 is 20.8 Å². The van der Waals surface area contributed by atoms with Crippen molar-refractivity contribution in [3.8, 4) is 0 Å². The molecule has 2 rings (SSSR count). The Bertz CT molecular complexity index is 744. The number of amides is 1. The van der Waals surface area contributed by atoms with Crippen LogP contribution in [0.15, 0.2) is 29.2 Å². The summed E-state index contributed by atoms with van der Waals surface area (Å²) in [4.78, 5) is 17.0. The molecule has 0 saturated heterocycles. The topological polar surface area (TPSA) is 92.8 Å². The quantitative estimate of drug-likeness (QED) is 0.716. The van der Waals surface area contributed by atoms with Crippen LogP contribution < -0.4 is 5.32 Å². The number of sulfonamides is 1. The van der Waals surface area contributed by atoms with Crippen LogP contribution >= 0.6 is 0 Å². The van der Waals surface area contributed by atoms with E-state index in [1.165, 1.54) is 38.4 Å². The highest BCUT2D eigenvalue weighted by molar-refractivity contribution is 7.89. The summed E-state index contributed by atoms with van der Waals surface area (Å²) in [5, 5.41) is 2.77. The van der Waals surface area contributed by atoms with Crippen LogP contribution in [0.1, 0.15) is 29.6 Å². The summed E-state index contributed by atoms with van der Waals surface area (Å²) in [7, 11) is -2.30. The summed E-state index contributed by atoms with van der Waals surface area (Å²) in [6, 6.07) is 5.74. The van der Waals surface area contributed by atoms with Crippen LogP contribution in [0, 0.1) is 0 Å². The molecule has 1 aliphatic carbocycles. The van der Waals surface area contributed by atoms with Crippen molar-refractivity contribution in [3.05, 3.63) is 29.8 Å². The van der Waals surface area contributed by atoms with E-state index in [0.29, 0.717) is 6.54 Å². The Kier molecular flexibility index (Phi) is 5.79. The fraction of sp³-hybridized carbons (Fsp3) is 0.533. The minimum Gasteiger partial charge on any atom is -0.351 e. The summed E-state index contributed by atoms with van der Waals surface area (Å²) >= 11 is 0. The average Bonchev–Trinajstić information content (AvgIpc) is 2.52. The lowest BCUT2D eigenvalue weighted by Gasteiger charge is -2.39. The highest BCUT2D eigenvalue weighted by atomic mass is 32.2. The van der Waals surface area contributed by atoms with Crippen LogP contribution in [-0.2, 0) is 25.7 Å². The number of nitrogens with one attached hydrogen (secondary N) is 1. The molecule has 7 nitrogen and oxygen atoms in total. The Morgan fingerprint density at radius 3 is 2.58 bits per heavy atom. The van der Waals surface area contributed by atoms with Gasteiger partial charge in [0.1, 0.15) is 0 Å². The van der Waals surface area contributed by atoms with E-state index in [-0.39, 0.29) is 21.1 Å². The first kappa shape index (κ1) is 19.0. The van der Waals surface area contributed by atoms with E-state index in [1.54, 1.807) is 6.26 Å². The summed E-state index contributed by atoms with van der Waals surface area (Å²) < 4.78 is 36.7. The number of hydrogen-bond donors (Lipinski definition) is 1. The molecule has 0 heterocycles. The Morgan fingerprint density at radius 2 is 2.08 bits per heavy atom. The summed E-state index contributed by atoms with van der Waals surface area (Å²) in [6.07, 6.45) is 4.30. The van der Waals surface area contributed by atoms with Gasteiger partial charge in [0.15, 0.2) is 0 Å². The van der Waals surface area contributed by atoms with Gasteiger partial charge < -0.3 is 5.32 Å². The summed E-state index contributed by atoms with van der Waals surface area (Å²) in [6.45, 7) is 0.323. The van der Waals surface area contributed by atoms with Crippen LogP contribution in [0.2, 0.25) is 0 Å². The average molecular weight is 374 g/mol. The molecule has 0 aliphatic heterocycles. The Balaban J connectivity index is 2.14. The molecular weight excluding hydrogens is 352 g/mol. The molecule has 1 unspecified atom stereocenters. The Morgan fingerprint density at radius 1 is 1.42 bits per heavy atom. The predicted octanol–water partition coefficient (Wildman–Crippen LogP) is 0.899. The van der Waals surface area contributed by atoms with Gasteiger partial charge in [0.2, 0.25) is 0 Å². The molecule has 1 atom stereocenters. The van der Waals surface area contributed by atoms with Crippen molar-refractivity contribution in [2.75, 3.05) is 27.0 Å². The second-order valence-electron chi connectivity index (χ2n) is 5.80. The van der Waals surface area contributed by atoms with Gasteiger partial charge >= 0.3 is 0 Å². The van der Waals surface area contributed by atoms with E-state index in [2.05, 4.69) is 5.32 Å². The number of benzene rings is 1. The van der Waals surface area contributed by atoms with E-state index in [1.807, 2.05) is 0 Å². The molecule has 134 valence electrons. The van der Waals surface area contributed by atoms with Crippen molar-refractivity contribution in [1.29, 1.82) is 0 Å². The zero-order chi connectivity index (χ0) is 18.0. The second kappa shape index (κ2) is 7.30. The molecule has 0 spiro atoms. The minimum absolute atomic E-state index is 0.0306. The normalized spacial score (nSPS) is 18.0. The molecule has 0 radical (unpaired) electrons. The monoisotopic (exact) mass is 374 g/mol. The van der Waals surface area contributed by atoms with Gasteiger partial charge in [0.25, 0.3) is 15.9 Å². The van der Waals surface area contributed by atoms with Crippen molar-refractivity contribution in [1.82, 2.24) is 9.79 Å². The molecule has 1 aliphatic rings. The molecule has 1 aromatic rings. The van der Waals surface area contributed by atoms with Gasteiger partial charge in [-0.15, -0.1) is 0 Å². The number of rotatable bonds is 7. The molecular formula is C15H22N2O5S2. The SMILES string of the molecule is CON(C)S(=O)(=O)c1cccc(C(=O)NCC2(S(C)=O)CCC2)c1. The van der Waals surface area contributed by atoms with Gasteiger partial charge in [-0.25, -0.2) is 8.42 Å². The Hall–Kier alpha value is -1.29. The second-order valence-corrected chi connectivity index (χ2v) is 9.51. The molecule has 1 N–H and O–H groups in total. The summed E-state index contributed by atoms with van der Waals surface area (Å²) in [5.41, 5.74) is 0.233. The maximum absolute atomic E-state index is 12.3. The maximum Gasteiger partial charge on any atom is 0.264 e. The third-order valence-corrected chi connectivity index (χ3v) is 7.88. The first-order chi connectivity index (χ1) is 11.2. The lowest BCUT2D eigenvalue weighted by atomic mass is 9.84. The van der Waals surface area contributed by atoms with Crippen molar-refractivity contribution in [2.24, 2.45) is 0 Å². The predicted molar refractivity (Wildman–Crippen MR) is 91.4 cm³/mol. The zero-order valence-corrected chi connectivity index (χ0v) is 15.6. The van der Waals surface area contributed by atoms with Crippen LogP contribution in [0.5, 0.6) is 0 Å². The lowest BCUT2D eigenvalue weighted by Crippen LogP contribution is -2.50. The summed E-state index contributed by atoms with van der Waals surface area (Å²) in [5.74, 6) is -0.385. The fourth-order valence-corrected chi connectivity index (χ4v) is 4.68. The number of hydrogen-bond acceptors (Lipinski definition) is 5. The lowest BCUT2D eigenvalue weighted by molar-refractivity contribution is -0.0258. The number of nitrogens with zero attached hydrogens (tertiary/aromatic N) is 1. The van der Waals surface area contributed by atoms with Gasteiger partial charge in [0.05, 0.1) is 16.8 Å². The van der Waals surface area contributed by atoms with Crippen LogP contribution in [0.25, 0.3) is 0 Å². The van der Waals surface area contributed by atoms with E-state index in [4.69, 9.17) is 4.84 Å². The molecule has 9 heteroatoms. The van der Waals surface area contributed by atoms with E-state index in [9.17, 15) is 17.4 Å². The molecule has 1 fully saturated rings. The van der Waals surface area contributed by atoms with Gasteiger partial charge in [-0.1, -0.05) is 17.0 Å². The third-order valence-electron chi connectivity index (χ3n) is 4.44. The maximum atomic E-state index is 12.3. The van der Waals surface area contributed by atoms with Gasteiger partial charge in [-0.05, 0) is 31.0 Å². The van der Waals surface area contributed by atoms with Gasteiger partial charge in [-0.2, -0.15) is 0 Å². The van der Waals surface area contributed by atoms with Crippen LogP contribution in [0.4, 0.5) is 0 Å². The number of carbonyl (C=O) groups excluding carboxylic acids is 1. The van der Waals surface area contributed by atoms with Crippen LogP contribution in [-0.4, -0.2) is 54.7 Å². The van der Waals surface area contributed by atoms with Crippen LogP contribution in [0.3, 0.4) is 0 Å². The Labute approximate surface area is 144 Å².